The number of anilines is 1. The molecule has 1 N–H and O–H groups in total. The number of ether oxygens (including phenoxy) is 1. The molecule has 2 aliphatic rings. The van der Waals surface area contributed by atoms with Crippen molar-refractivity contribution < 1.29 is 4.74 Å². The number of nitrogens with zero attached hydrogens (tertiary/aromatic N) is 3. The van der Waals surface area contributed by atoms with Gasteiger partial charge in [-0.2, -0.15) is 0 Å². The largest absolute Gasteiger partial charge is 0.496 e. The van der Waals surface area contributed by atoms with E-state index in [4.69, 9.17) is 27.9 Å². The summed E-state index contributed by atoms with van der Waals surface area (Å²) < 4.78 is 5.04. The second kappa shape index (κ2) is 14.7. The van der Waals surface area contributed by atoms with Gasteiger partial charge in [0.25, 0.3) is 0 Å². The summed E-state index contributed by atoms with van der Waals surface area (Å²) in [5, 5.41) is 4.49. The molecule has 4 rings (SSSR count). The first-order valence-corrected chi connectivity index (χ1v) is 13.9. The zero-order valence-corrected chi connectivity index (χ0v) is 23.6. The van der Waals surface area contributed by atoms with Crippen molar-refractivity contribution in [3.05, 3.63) is 70.5 Å². The highest BCUT2D eigenvalue weighted by atomic mass is 35.5. The van der Waals surface area contributed by atoms with Gasteiger partial charge in [-0.1, -0.05) is 54.9 Å². The summed E-state index contributed by atoms with van der Waals surface area (Å²) in [6.07, 6.45) is 4.00. The molecule has 2 heterocycles. The number of benzene rings is 2. The molecule has 0 aromatic heterocycles. The Balaban J connectivity index is 0.000000338. The lowest BCUT2D eigenvalue weighted by Crippen LogP contribution is -2.49. The van der Waals surface area contributed by atoms with Crippen LogP contribution in [0.1, 0.15) is 31.7 Å². The van der Waals surface area contributed by atoms with Crippen LogP contribution >= 0.6 is 23.2 Å². The number of methoxy groups -OCH3 is 1. The van der Waals surface area contributed by atoms with Gasteiger partial charge in [0.15, 0.2) is 0 Å². The van der Waals surface area contributed by atoms with E-state index in [2.05, 4.69) is 33.5 Å². The molecular weight excluding hydrogens is 491 g/mol. The Hall–Kier alpha value is -1.92. The van der Waals surface area contributed by atoms with Crippen molar-refractivity contribution in [2.75, 3.05) is 64.8 Å². The minimum Gasteiger partial charge on any atom is -0.496 e. The summed E-state index contributed by atoms with van der Waals surface area (Å²) in [6, 6.07) is 13.5. The lowest BCUT2D eigenvalue weighted by atomic mass is 9.97. The van der Waals surface area contributed by atoms with E-state index in [1.807, 2.05) is 49.4 Å². The van der Waals surface area contributed by atoms with Crippen LogP contribution in [0.25, 0.3) is 0 Å². The zero-order valence-electron chi connectivity index (χ0n) is 22.1. The number of rotatable bonds is 8. The molecule has 0 spiro atoms. The van der Waals surface area contributed by atoms with Crippen molar-refractivity contribution >= 4 is 28.9 Å². The topological polar surface area (TPSA) is 31.0 Å². The molecule has 198 valence electrons. The number of hydrogen-bond donors (Lipinski definition) is 1. The lowest BCUT2D eigenvalue weighted by Gasteiger charge is -2.40. The fraction of sp³-hybridized carbons (Fsp3) is 0.517. The summed E-state index contributed by atoms with van der Waals surface area (Å²) in [6.45, 7) is 17.8. The van der Waals surface area contributed by atoms with Crippen LogP contribution in [0.5, 0.6) is 5.75 Å². The molecule has 0 radical (unpaired) electrons. The van der Waals surface area contributed by atoms with Crippen LogP contribution in [0.2, 0.25) is 10.0 Å². The van der Waals surface area contributed by atoms with Gasteiger partial charge >= 0.3 is 0 Å². The van der Waals surface area contributed by atoms with Crippen LogP contribution in [0.3, 0.4) is 0 Å². The summed E-state index contributed by atoms with van der Waals surface area (Å²) >= 11 is 12.1. The Labute approximate surface area is 228 Å². The molecule has 1 atom stereocenters. The normalized spacial score (nSPS) is 18.8. The highest BCUT2D eigenvalue weighted by Gasteiger charge is 2.24. The zero-order chi connectivity index (χ0) is 25.9. The molecule has 0 saturated carbocycles. The van der Waals surface area contributed by atoms with Crippen LogP contribution in [-0.2, 0) is 0 Å². The summed E-state index contributed by atoms with van der Waals surface area (Å²) in [5.74, 6) is 2.71. The summed E-state index contributed by atoms with van der Waals surface area (Å²) in [5.41, 5.74) is 2.11. The Kier molecular flexibility index (Phi) is 11.7. The van der Waals surface area contributed by atoms with Gasteiger partial charge in [-0.25, -0.2) is 0 Å². The van der Waals surface area contributed by atoms with E-state index in [-0.39, 0.29) is 0 Å². The molecule has 2 aromatic carbocycles. The predicted molar refractivity (Wildman–Crippen MR) is 154 cm³/mol. The molecule has 36 heavy (non-hydrogen) atoms. The Bertz CT molecular complexity index is 960. The number of hydrogen-bond acceptors (Lipinski definition) is 5. The monoisotopic (exact) mass is 532 g/mol. The summed E-state index contributed by atoms with van der Waals surface area (Å²) in [7, 11) is 1.68. The first-order valence-electron chi connectivity index (χ1n) is 13.1. The van der Waals surface area contributed by atoms with E-state index in [0.29, 0.717) is 10.0 Å². The average molecular weight is 534 g/mol. The predicted octanol–water partition coefficient (Wildman–Crippen LogP) is 6.62. The van der Waals surface area contributed by atoms with Gasteiger partial charge in [0.2, 0.25) is 0 Å². The van der Waals surface area contributed by atoms with Gasteiger partial charge in [-0.05, 0) is 75.0 Å². The van der Waals surface area contributed by atoms with Crippen molar-refractivity contribution in [2.24, 2.45) is 5.92 Å². The van der Waals surface area contributed by atoms with Crippen LogP contribution < -0.4 is 10.1 Å². The fourth-order valence-corrected chi connectivity index (χ4v) is 5.29. The number of para-hydroxylation sites is 1. The molecule has 7 heteroatoms. The average Bonchev–Trinajstić information content (AvgIpc) is 2.88. The third-order valence-electron chi connectivity index (χ3n) is 6.94. The maximum atomic E-state index is 6.10. The van der Waals surface area contributed by atoms with Crippen LogP contribution in [-0.4, -0.2) is 74.2 Å². The number of aryl methyl sites for hydroxylation is 1. The van der Waals surface area contributed by atoms with Gasteiger partial charge in [0, 0.05) is 45.0 Å². The molecule has 2 aliphatic heterocycles. The quantitative estimate of drug-likeness (QED) is 0.412. The van der Waals surface area contributed by atoms with Crippen molar-refractivity contribution in [2.45, 2.75) is 33.1 Å². The Morgan fingerprint density at radius 1 is 1.03 bits per heavy atom. The third-order valence-corrected chi connectivity index (χ3v) is 7.67. The number of piperidine rings is 1. The Morgan fingerprint density at radius 2 is 1.78 bits per heavy atom. The number of nitrogens with one attached hydrogen (secondary N) is 1. The SMILES string of the molecule is C=C(Nc1ccc(Cl)c(Cl)c1)N1CCN(C[C@@H]2CCCN(CCC)C2)CC1.COc1ccccc1C. The van der Waals surface area contributed by atoms with E-state index in [0.717, 1.165) is 49.4 Å². The molecular formula is C29H42Cl2N4O. The number of halogens is 2. The van der Waals surface area contributed by atoms with Crippen molar-refractivity contribution in [1.29, 1.82) is 0 Å². The van der Waals surface area contributed by atoms with E-state index >= 15 is 0 Å². The minimum absolute atomic E-state index is 0.559. The first-order chi connectivity index (χ1) is 17.4. The molecule has 0 unspecified atom stereocenters. The number of likely N-dealkylation sites (tertiary alicyclic amines) is 1. The Morgan fingerprint density at radius 3 is 2.42 bits per heavy atom. The molecule has 2 saturated heterocycles. The van der Waals surface area contributed by atoms with Gasteiger partial charge in [0.1, 0.15) is 5.75 Å². The van der Waals surface area contributed by atoms with Gasteiger partial charge < -0.3 is 19.9 Å². The molecule has 0 amide bonds. The number of piperazine rings is 1. The van der Waals surface area contributed by atoms with E-state index in [9.17, 15) is 0 Å². The van der Waals surface area contributed by atoms with E-state index in [1.165, 1.54) is 51.0 Å². The highest BCUT2D eigenvalue weighted by Crippen LogP contribution is 2.26. The molecule has 0 aliphatic carbocycles. The van der Waals surface area contributed by atoms with Crippen LogP contribution in [0, 0.1) is 12.8 Å². The smallest absolute Gasteiger partial charge is 0.121 e. The van der Waals surface area contributed by atoms with E-state index < -0.39 is 0 Å². The van der Waals surface area contributed by atoms with Crippen molar-refractivity contribution in [3.8, 4) is 5.75 Å². The molecule has 5 nitrogen and oxygen atoms in total. The minimum atomic E-state index is 0.559. The van der Waals surface area contributed by atoms with Gasteiger partial charge in [-0.3, -0.25) is 4.90 Å². The second-order valence-corrected chi connectivity index (χ2v) is 10.6. The molecule has 0 bridgehead atoms. The van der Waals surface area contributed by atoms with Gasteiger partial charge in [0.05, 0.1) is 23.0 Å². The molecule has 2 fully saturated rings. The highest BCUT2D eigenvalue weighted by molar-refractivity contribution is 6.42. The van der Waals surface area contributed by atoms with E-state index in [1.54, 1.807) is 7.11 Å². The standard InChI is InChI=1S/C21H32Cl2N4.C8H10O/c1-3-8-25-9-4-5-18(15-25)16-26-10-12-27(13-11-26)17(2)24-19-6-7-20(22)21(23)14-19;1-7-5-3-4-6-8(7)9-2/h6-7,14,18,24H,2-5,8-13,15-16H2,1H3;3-6H,1-2H3/t18-;/m1./s1. The third kappa shape index (κ3) is 8.88. The first kappa shape index (κ1) is 28.6. The van der Waals surface area contributed by atoms with Crippen LogP contribution in [0.15, 0.2) is 54.9 Å². The fourth-order valence-electron chi connectivity index (χ4n) is 4.99. The second-order valence-electron chi connectivity index (χ2n) is 9.77. The van der Waals surface area contributed by atoms with Gasteiger partial charge in [-0.15, -0.1) is 0 Å². The summed E-state index contributed by atoms with van der Waals surface area (Å²) in [4.78, 5) is 7.60. The maximum absolute atomic E-state index is 6.10. The van der Waals surface area contributed by atoms with Crippen molar-refractivity contribution in [3.63, 3.8) is 0 Å². The van der Waals surface area contributed by atoms with Crippen molar-refractivity contribution in [1.82, 2.24) is 14.7 Å². The lowest BCUT2D eigenvalue weighted by molar-refractivity contribution is 0.102. The van der Waals surface area contributed by atoms with Crippen LogP contribution in [0.4, 0.5) is 5.69 Å². The maximum Gasteiger partial charge on any atom is 0.121 e. The molecule has 2 aromatic rings.